The summed E-state index contributed by atoms with van der Waals surface area (Å²) < 4.78 is 39.3. The molecule has 0 radical (unpaired) electrons. The van der Waals surface area contributed by atoms with Crippen molar-refractivity contribution in [2.45, 2.75) is 39.0 Å². The maximum Gasteiger partial charge on any atom is 0.419 e. The van der Waals surface area contributed by atoms with E-state index in [1.165, 1.54) is 7.05 Å². The van der Waals surface area contributed by atoms with Crippen molar-refractivity contribution in [3.63, 3.8) is 0 Å². The summed E-state index contributed by atoms with van der Waals surface area (Å²) in [5.74, 6) is -0.188. The number of aliphatic hydroxyl groups is 1. The van der Waals surface area contributed by atoms with Gasteiger partial charge in [-0.3, -0.25) is 4.68 Å². The zero-order valence-electron chi connectivity index (χ0n) is 10.1. The van der Waals surface area contributed by atoms with Gasteiger partial charge in [0.25, 0.3) is 0 Å². The molecule has 1 rings (SSSR count). The fourth-order valence-electron chi connectivity index (χ4n) is 1.97. The Morgan fingerprint density at radius 1 is 1.35 bits per heavy atom. The van der Waals surface area contributed by atoms with Gasteiger partial charge in [-0.25, -0.2) is 0 Å². The molecule has 0 spiro atoms. The van der Waals surface area contributed by atoms with Gasteiger partial charge in [0.1, 0.15) is 0 Å². The molecule has 1 unspecified atom stereocenters. The van der Waals surface area contributed by atoms with Gasteiger partial charge >= 0.3 is 6.18 Å². The average molecular weight is 250 g/mol. The Balaban J connectivity index is 3.16. The van der Waals surface area contributed by atoms with Crippen molar-refractivity contribution < 1.29 is 18.3 Å². The normalized spacial score (nSPS) is 14.4. The molecule has 0 aliphatic rings. The summed E-state index contributed by atoms with van der Waals surface area (Å²) in [5, 5.41) is 13.6. The molecule has 1 N–H and O–H groups in total. The van der Waals surface area contributed by atoms with Crippen LogP contribution in [-0.2, 0) is 13.2 Å². The largest absolute Gasteiger partial charge is 0.419 e. The van der Waals surface area contributed by atoms with Gasteiger partial charge < -0.3 is 5.11 Å². The zero-order valence-corrected chi connectivity index (χ0v) is 10.1. The van der Waals surface area contributed by atoms with E-state index < -0.39 is 17.8 Å². The smallest absolute Gasteiger partial charge is 0.387 e. The minimum atomic E-state index is -4.48. The first kappa shape index (κ1) is 14.0. The van der Waals surface area contributed by atoms with Crippen LogP contribution in [0.15, 0.2) is 6.20 Å². The minimum absolute atomic E-state index is 0.147. The number of aliphatic hydroxyl groups excluding tert-OH is 1. The number of alkyl halides is 3. The lowest BCUT2D eigenvalue weighted by Crippen LogP contribution is -2.19. The van der Waals surface area contributed by atoms with E-state index in [0.717, 1.165) is 10.9 Å². The van der Waals surface area contributed by atoms with E-state index in [2.05, 4.69) is 5.10 Å². The Morgan fingerprint density at radius 2 is 1.88 bits per heavy atom. The molecule has 1 atom stereocenters. The van der Waals surface area contributed by atoms with Crippen LogP contribution in [-0.4, -0.2) is 14.9 Å². The molecule has 0 aliphatic heterocycles. The van der Waals surface area contributed by atoms with E-state index in [9.17, 15) is 18.3 Å². The number of nitrogens with zero attached hydrogens (tertiary/aromatic N) is 2. The number of aromatic nitrogens is 2. The number of hydrogen-bond donors (Lipinski definition) is 1. The molecule has 17 heavy (non-hydrogen) atoms. The summed E-state index contributed by atoms with van der Waals surface area (Å²) in [7, 11) is 1.41. The molecule has 1 aromatic rings. The fourth-order valence-corrected chi connectivity index (χ4v) is 1.97. The molecule has 3 nitrogen and oxygen atoms in total. The van der Waals surface area contributed by atoms with Crippen molar-refractivity contribution in [1.29, 1.82) is 0 Å². The highest BCUT2D eigenvalue weighted by molar-refractivity contribution is 5.23. The van der Waals surface area contributed by atoms with Crippen molar-refractivity contribution in [2.75, 3.05) is 0 Å². The molecule has 0 amide bonds. The van der Waals surface area contributed by atoms with Gasteiger partial charge in [0, 0.05) is 7.05 Å². The lowest BCUT2D eigenvalue weighted by molar-refractivity contribution is -0.139. The second-order valence-corrected chi connectivity index (χ2v) is 4.09. The molecule has 0 bridgehead atoms. The van der Waals surface area contributed by atoms with Crippen LogP contribution in [0.1, 0.15) is 44.1 Å². The van der Waals surface area contributed by atoms with Crippen molar-refractivity contribution in [1.82, 2.24) is 9.78 Å². The molecule has 0 aliphatic carbocycles. The molecule has 0 fully saturated rings. The Kier molecular flexibility index (Phi) is 4.19. The fraction of sp³-hybridized carbons (Fsp3) is 0.727. The third-order valence-corrected chi connectivity index (χ3v) is 3.07. The third-order valence-electron chi connectivity index (χ3n) is 3.07. The van der Waals surface area contributed by atoms with E-state index in [-0.39, 0.29) is 11.6 Å². The Labute approximate surface area is 98.2 Å². The first-order valence-electron chi connectivity index (χ1n) is 5.60. The highest BCUT2D eigenvalue weighted by Gasteiger charge is 2.39. The maximum absolute atomic E-state index is 12.7. The van der Waals surface area contributed by atoms with Gasteiger partial charge in [0.05, 0.1) is 23.6 Å². The highest BCUT2D eigenvalue weighted by atomic mass is 19.4. The van der Waals surface area contributed by atoms with E-state index >= 15 is 0 Å². The summed E-state index contributed by atoms with van der Waals surface area (Å²) in [6, 6.07) is 0. The number of rotatable bonds is 4. The first-order chi connectivity index (χ1) is 7.82. The Bertz CT molecular complexity index is 369. The van der Waals surface area contributed by atoms with E-state index in [0.29, 0.717) is 12.8 Å². The Morgan fingerprint density at radius 3 is 2.29 bits per heavy atom. The molecule has 6 heteroatoms. The van der Waals surface area contributed by atoms with Crippen LogP contribution < -0.4 is 0 Å². The number of hydrogen-bond acceptors (Lipinski definition) is 2. The molecule has 98 valence electrons. The standard InChI is InChI=1S/C11H17F3N2O/c1-4-7(5-2)10(17)9-8(11(12,13)14)6-15-16(9)3/h6-7,10,17H,4-5H2,1-3H3. The summed E-state index contributed by atoms with van der Waals surface area (Å²) in [6.07, 6.45) is -3.59. The lowest BCUT2D eigenvalue weighted by atomic mass is 9.92. The van der Waals surface area contributed by atoms with Crippen molar-refractivity contribution in [3.05, 3.63) is 17.5 Å². The van der Waals surface area contributed by atoms with Gasteiger partial charge in [-0.15, -0.1) is 0 Å². The van der Waals surface area contributed by atoms with Crippen LogP contribution in [0.5, 0.6) is 0 Å². The molecule has 1 heterocycles. The summed E-state index contributed by atoms with van der Waals surface area (Å²) >= 11 is 0. The maximum atomic E-state index is 12.7. The second kappa shape index (κ2) is 5.08. The van der Waals surface area contributed by atoms with E-state index in [1.807, 2.05) is 13.8 Å². The third kappa shape index (κ3) is 2.80. The van der Waals surface area contributed by atoms with Gasteiger partial charge in [0.15, 0.2) is 0 Å². The van der Waals surface area contributed by atoms with Crippen molar-refractivity contribution in [3.8, 4) is 0 Å². The van der Waals surface area contributed by atoms with Gasteiger partial charge in [-0.2, -0.15) is 18.3 Å². The van der Waals surface area contributed by atoms with Gasteiger partial charge in [0.2, 0.25) is 0 Å². The van der Waals surface area contributed by atoms with Crippen molar-refractivity contribution in [2.24, 2.45) is 13.0 Å². The number of halogens is 3. The molecule has 0 saturated carbocycles. The molecular formula is C11H17F3N2O. The average Bonchev–Trinajstić information content (AvgIpc) is 2.61. The van der Waals surface area contributed by atoms with Gasteiger partial charge in [-0.05, 0) is 5.92 Å². The van der Waals surface area contributed by atoms with Crippen LogP contribution in [0, 0.1) is 5.92 Å². The first-order valence-corrected chi connectivity index (χ1v) is 5.60. The second-order valence-electron chi connectivity index (χ2n) is 4.09. The van der Waals surface area contributed by atoms with E-state index in [4.69, 9.17) is 0 Å². The van der Waals surface area contributed by atoms with Crippen LogP contribution in [0.2, 0.25) is 0 Å². The number of aryl methyl sites for hydroxylation is 1. The van der Waals surface area contributed by atoms with Crippen LogP contribution >= 0.6 is 0 Å². The minimum Gasteiger partial charge on any atom is -0.387 e. The quantitative estimate of drug-likeness (QED) is 0.892. The summed E-state index contributed by atoms with van der Waals surface area (Å²) in [4.78, 5) is 0. The van der Waals surface area contributed by atoms with Crippen LogP contribution in [0.3, 0.4) is 0 Å². The van der Waals surface area contributed by atoms with Crippen molar-refractivity contribution >= 4 is 0 Å². The molecule has 0 saturated heterocycles. The van der Waals surface area contributed by atoms with E-state index in [1.54, 1.807) is 0 Å². The SMILES string of the molecule is CCC(CC)C(O)c1c(C(F)(F)F)cnn1C. The summed E-state index contributed by atoms with van der Waals surface area (Å²) in [5.41, 5.74) is -0.995. The molecule has 0 aromatic carbocycles. The summed E-state index contributed by atoms with van der Waals surface area (Å²) in [6.45, 7) is 3.70. The zero-order chi connectivity index (χ0) is 13.2. The monoisotopic (exact) mass is 250 g/mol. The highest BCUT2D eigenvalue weighted by Crippen LogP contribution is 2.37. The Hall–Kier alpha value is -1.04. The predicted octanol–water partition coefficient (Wildman–Crippen LogP) is 2.91. The topological polar surface area (TPSA) is 38.1 Å². The molecular weight excluding hydrogens is 233 g/mol. The van der Waals surface area contributed by atoms with Crippen LogP contribution in [0.25, 0.3) is 0 Å². The lowest BCUT2D eigenvalue weighted by Gasteiger charge is -2.22. The van der Waals surface area contributed by atoms with Crippen LogP contribution in [0.4, 0.5) is 13.2 Å². The molecule has 1 aromatic heterocycles. The van der Waals surface area contributed by atoms with Gasteiger partial charge in [-0.1, -0.05) is 26.7 Å². The predicted molar refractivity (Wildman–Crippen MR) is 57.2 cm³/mol.